The van der Waals surface area contributed by atoms with Crippen LogP contribution in [0, 0.1) is 0 Å². The number of nitrogens with zero attached hydrogens (tertiary/aromatic N) is 4. The number of hydrogen-bond donors (Lipinski definition) is 1. The smallest absolute Gasteiger partial charge is 0.113 e. The van der Waals surface area contributed by atoms with Crippen molar-refractivity contribution in [2.24, 2.45) is 5.16 Å². The minimum Gasteiger partial charge on any atom is -0.411 e. The van der Waals surface area contributed by atoms with Crippen molar-refractivity contribution in [2.45, 2.75) is 13.5 Å². The van der Waals surface area contributed by atoms with Crippen LogP contribution < -0.4 is 0 Å². The highest BCUT2D eigenvalue weighted by Gasteiger charge is 2.03. The first-order valence-corrected chi connectivity index (χ1v) is 4.27. The molecule has 0 aliphatic heterocycles. The molecule has 0 saturated carbocycles. The van der Waals surface area contributed by atoms with E-state index in [4.69, 9.17) is 5.21 Å². The number of oxime groups is 1. The van der Waals surface area contributed by atoms with Gasteiger partial charge in [0, 0.05) is 0 Å². The van der Waals surface area contributed by atoms with Crippen LogP contribution in [0.3, 0.4) is 0 Å². The number of rotatable bonds is 2. The molecule has 1 aromatic carbocycles. The fourth-order valence-corrected chi connectivity index (χ4v) is 1.28. The Bertz CT molecular complexity index is 474. The first-order chi connectivity index (χ1) is 6.81. The van der Waals surface area contributed by atoms with Gasteiger partial charge < -0.3 is 5.21 Å². The molecule has 0 fully saturated rings. The maximum Gasteiger partial charge on any atom is 0.113 e. The lowest BCUT2D eigenvalue weighted by molar-refractivity contribution is 0.316. The molecule has 72 valence electrons. The molecule has 0 bridgehead atoms. The molecule has 0 unspecified atom stereocenters. The van der Waals surface area contributed by atoms with Crippen LogP contribution in [0.1, 0.15) is 6.92 Å². The van der Waals surface area contributed by atoms with Crippen molar-refractivity contribution in [3.8, 4) is 0 Å². The third-order valence-electron chi connectivity index (χ3n) is 1.97. The van der Waals surface area contributed by atoms with E-state index in [1.54, 1.807) is 11.6 Å². The van der Waals surface area contributed by atoms with Crippen molar-refractivity contribution in [3.63, 3.8) is 0 Å². The van der Waals surface area contributed by atoms with Crippen LogP contribution >= 0.6 is 0 Å². The molecule has 14 heavy (non-hydrogen) atoms. The minimum atomic E-state index is 0.455. The van der Waals surface area contributed by atoms with Crippen LogP contribution in [0.5, 0.6) is 0 Å². The molecule has 0 aliphatic rings. The lowest BCUT2D eigenvalue weighted by Gasteiger charge is -1.98. The average molecular weight is 190 g/mol. The van der Waals surface area contributed by atoms with Crippen molar-refractivity contribution in [3.05, 3.63) is 24.3 Å². The van der Waals surface area contributed by atoms with Gasteiger partial charge >= 0.3 is 0 Å². The van der Waals surface area contributed by atoms with E-state index in [0.717, 1.165) is 11.0 Å². The summed E-state index contributed by atoms with van der Waals surface area (Å²) in [5.74, 6) is 0. The highest BCUT2D eigenvalue weighted by atomic mass is 16.4. The molecule has 0 radical (unpaired) electrons. The third-order valence-corrected chi connectivity index (χ3v) is 1.97. The van der Waals surface area contributed by atoms with Gasteiger partial charge in [0.25, 0.3) is 0 Å². The van der Waals surface area contributed by atoms with Crippen molar-refractivity contribution in [1.29, 1.82) is 0 Å². The van der Waals surface area contributed by atoms with E-state index in [1.807, 2.05) is 24.3 Å². The quantitative estimate of drug-likeness (QED) is 0.440. The molecule has 0 saturated heterocycles. The average Bonchev–Trinajstić information content (AvgIpc) is 2.62. The third kappa shape index (κ3) is 1.44. The second kappa shape index (κ2) is 3.45. The standard InChI is InChI=1S/C9H10N4O/c1-7(11-14)6-13-9-5-3-2-4-8(9)10-12-13/h2-5,14H,6H2,1H3/b11-7+. The zero-order valence-electron chi connectivity index (χ0n) is 7.75. The Balaban J connectivity index is 2.43. The molecule has 0 aliphatic carbocycles. The highest BCUT2D eigenvalue weighted by molar-refractivity contribution is 5.83. The van der Waals surface area contributed by atoms with Crippen molar-refractivity contribution < 1.29 is 5.21 Å². The molecule has 0 atom stereocenters. The van der Waals surface area contributed by atoms with Crippen molar-refractivity contribution in [1.82, 2.24) is 15.0 Å². The van der Waals surface area contributed by atoms with Crippen LogP contribution in [-0.4, -0.2) is 25.9 Å². The summed E-state index contributed by atoms with van der Waals surface area (Å²) >= 11 is 0. The number of para-hydroxylation sites is 1. The van der Waals surface area contributed by atoms with E-state index >= 15 is 0 Å². The van der Waals surface area contributed by atoms with Crippen LogP contribution in [0.4, 0.5) is 0 Å². The van der Waals surface area contributed by atoms with Crippen LogP contribution in [0.15, 0.2) is 29.4 Å². The van der Waals surface area contributed by atoms with Gasteiger partial charge in [0.15, 0.2) is 0 Å². The van der Waals surface area contributed by atoms with Crippen molar-refractivity contribution >= 4 is 16.7 Å². The number of hydrogen-bond acceptors (Lipinski definition) is 4. The van der Waals surface area contributed by atoms with Crippen LogP contribution in [0.25, 0.3) is 11.0 Å². The van der Waals surface area contributed by atoms with Gasteiger partial charge in [-0.15, -0.1) is 5.10 Å². The van der Waals surface area contributed by atoms with Gasteiger partial charge in [-0.05, 0) is 19.1 Å². The predicted octanol–water partition coefficient (Wildman–Crippen LogP) is 1.28. The fourth-order valence-electron chi connectivity index (χ4n) is 1.28. The van der Waals surface area contributed by atoms with E-state index < -0.39 is 0 Å². The Morgan fingerprint density at radius 1 is 1.50 bits per heavy atom. The molecular formula is C9H10N4O. The molecular weight excluding hydrogens is 180 g/mol. The molecule has 1 heterocycles. The summed E-state index contributed by atoms with van der Waals surface area (Å²) in [6.45, 7) is 2.19. The fraction of sp³-hybridized carbons (Fsp3) is 0.222. The molecule has 0 spiro atoms. The summed E-state index contributed by atoms with van der Waals surface area (Å²) in [4.78, 5) is 0. The summed E-state index contributed by atoms with van der Waals surface area (Å²) in [6.07, 6.45) is 0. The topological polar surface area (TPSA) is 63.3 Å². The Labute approximate surface area is 80.6 Å². The zero-order chi connectivity index (χ0) is 9.97. The second-order valence-electron chi connectivity index (χ2n) is 3.07. The maximum absolute atomic E-state index is 8.53. The second-order valence-corrected chi connectivity index (χ2v) is 3.07. The van der Waals surface area contributed by atoms with E-state index in [9.17, 15) is 0 Å². The molecule has 1 N–H and O–H groups in total. The highest BCUT2D eigenvalue weighted by Crippen LogP contribution is 2.09. The maximum atomic E-state index is 8.53. The summed E-state index contributed by atoms with van der Waals surface area (Å²) in [5.41, 5.74) is 2.38. The van der Waals surface area contributed by atoms with Gasteiger partial charge in [-0.2, -0.15) is 0 Å². The predicted molar refractivity (Wildman–Crippen MR) is 52.4 cm³/mol. The van der Waals surface area contributed by atoms with E-state index in [2.05, 4.69) is 15.5 Å². The Morgan fingerprint density at radius 3 is 3.07 bits per heavy atom. The number of fused-ring (bicyclic) bond motifs is 1. The van der Waals surface area contributed by atoms with Gasteiger partial charge in [-0.25, -0.2) is 4.68 Å². The van der Waals surface area contributed by atoms with Crippen LogP contribution in [-0.2, 0) is 6.54 Å². The van der Waals surface area contributed by atoms with E-state index in [1.165, 1.54) is 0 Å². The molecule has 5 nitrogen and oxygen atoms in total. The molecule has 2 rings (SSSR count). The largest absolute Gasteiger partial charge is 0.411 e. The Kier molecular flexibility index (Phi) is 2.14. The lowest BCUT2D eigenvalue weighted by Crippen LogP contribution is -2.08. The normalized spacial score (nSPS) is 12.2. The molecule has 0 amide bonds. The van der Waals surface area contributed by atoms with Crippen LogP contribution in [0.2, 0.25) is 0 Å². The molecule has 1 aromatic heterocycles. The summed E-state index contributed by atoms with van der Waals surface area (Å²) in [7, 11) is 0. The summed E-state index contributed by atoms with van der Waals surface area (Å²) in [5, 5.41) is 19.6. The molecule has 5 heteroatoms. The Hall–Kier alpha value is -1.91. The van der Waals surface area contributed by atoms with E-state index in [0.29, 0.717) is 12.3 Å². The molecule has 2 aromatic rings. The zero-order valence-corrected chi connectivity index (χ0v) is 7.75. The van der Waals surface area contributed by atoms with E-state index in [-0.39, 0.29) is 0 Å². The first kappa shape index (κ1) is 8.68. The van der Waals surface area contributed by atoms with Gasteiger partial charge in [0.2, 0.25) is 0 Å². The SMILES string of the molecule is C/C(Cn1nnc2ccccc21)=N\O. The van der Waals surface area contributed by atoms with Gasteiger partial charge in [0.05, 0.1) is 17.8 Å². The lowest BCUT2D eigenvalue weighted by atomic mass is 10.3. The van der Waals surface area contributed by atoms with Crippen molar-refractivity contribution in [2.75, 3.05) is 0 Å². The number of aromatic nitrogens is 3. The monoisotopic (exact) mass is 190 g/mol. The Morgan fingerprint density at radius 2 is 2.29 bits per heavy atom. The summed E-state index contributed by atoms with van der Waals surface area (Å²) < 4.78 is 1.70. The summed E-state index contributed by atoms with van der Waals surface area (Å²) in [6, 6.07) is 7.66. The minimum absolute atomic E-state index is 0.455. The van der Waals surface area contributed by atoms with Gasteiger partial charge in [0.1, 0.15) is 5.52 Å². The first-order valence-electron chi connectivity index (χ1n) is 4.27. The van der Waals surface area contributed by atoms with Gasteiger partial charge in [-0.3, -0.25) is 0 Å². The number of benzene rings is 1. The van der Waals surface area contributed by atoms with Gasteiger partial charge in [-0.1, -0.05) is 22.5 Å².